The van der Waals surface area contributed by atoms with Crippen LogP contribution in [-0.2, 0) is 4.79 Å². The summed E-state index contributed by atoms with van der Waals surface area (Å²) in [5, 5.41) is 0. The molecule has 0 aromatic heterocycles. The van der Waals surface area contributed by atoms with Gasteiger partial charge in [-0.25, -0.2) is 0 Å². The lowest BCUT2D eigenvalue weighted by Crippen LogP contribution is -2.28. The highest BCUT2D eigenvalue weighted by Gasteiger charge is 2.32. The van der Waals surface area contributed by atoms with Crippen LogP contribution in [0.15, 0.2) is 22.7 Å². The average Bonchev–Trinajstić information content (AvgIpc) is 2.99. The zero-order chi connectivity index (χ0) is 11.0. The Bertz CT molecular complexity index is 402. The number of hydrogen-bond acceptors (Lipinski definition) is 2. The van der Waals surface area contributed by atoms with Gasteiger partial charge in [0.15, 0.2) is 0 Å². The molecule has 0 unspecified atom stereocenters. The number of amides is 1. The summed E-state index contributed by atoms with van der Waals surface area (Å²) in [6.45, 7) is 0. The molecule has 3 nitrogen and oxygen atoms in total. The maximum atomic E-state index is 11.8. The fraction of sp³-hybridized carbons (Fsp3) is 0.364. The van der Waals surface area contributed by atoms with Crippen LogP contribution in [0.5, 0.6) is 0 Å². The number of anilines is 2. The molecule has 0 saturated heterocycles. The largest absolute Gasteiger partial charge is 0.397 e. The molecule has 80 valence electrons. The maximum absolute atomic E-state index is 11.8. The van der Waals surface area contributed by atoms with Crippen LogP contribution in [0, 0.1) is 5.92 Å². The van der Waals surface area contributed by atoms with E-state index in [-0.39, 0.29) is 11.8 Å². The number of halogens is 1. The van der Waals surface area contributed by atoms with Gasteiger partial charge in [-0.1, -0.05) is 15.9 Å². The molecule has 0 spiro atoms. The predicted octanol–water partition coefficient (Wildman–Crippen LogP) is 2.40. The third-order valence-corrected chi connectivity index (χ3v) is 3.10. The van der Waals surface area contributed by atoms with Crippen LogP contribution in [0.25, 0.3) is 0 Å². The molecular formula is C11H13BrN2O. The van der Waals surface area contributed by atoms with Crippen molar-refractivity contribution < 1.29 is 4.79 Å². The first-order valence-corrected chi connectivity index (χ1v) is 5.71. The summed E-state index contributed by atoms with van der Waals surface area (Å²) >= 11 is 3.34. The van der Waals surface area contributed by atoms with Gasteiger partial charge in [-0.2, -0.15) is 0 Å². The van der Waals surface area contributed by atoms with Gasteiger partial charge in [0, 0.05) is 17.4 Å². The average molecular weight is 269 g/mol. The molecule has 0 heterocycles. The zero-order valence-electron chi connectivity index (χ0n) is 8.53. The molecular weight excluding hydrogens is 256 g/mol. The van der Waals surface area contributed by atoms with Gasteiger partial charge in [-0.05, 0) is 31.0 Å². The first kappa shape index (κ1) is 10.5. The molecule has 1 amide bonds. The van der Waals surface area contributed by atoms with Gasteiger partial charge in [0.2, 0.25) is 5.91 Å². The number of nitrogen functional groups attached to an aromatic ring is 1. The SMILES string of the molecule is CN(C(=O)C1CC1)c1ccc(Br)cc1N. The van der Waals surface area contributed by atoms with Crippen LogP contribution in [0.1, 0.15) is 12.8 Å². The van der Waals surface area contributed by atoms with Gasteiger partial charge in [0.1, 0.15) is 0 Å². The molecule has 0 atom stereocenters. The van der Waals surface area contributed by atoms with E-state index in [2.05, 4.69) is 15.9 Å². The quantitative estimate of drug-likeness (QED) is 0.838. The van der Waals surface area contributed by atoms with E-state index < -0.39 is 0 Å². The molecule has 1 aliphatic rings. The van der Waals surface area contributed by atoms with Crippen molar-refractivity contribution >= 4 is 33.2 Å². The van der Waals surface area contributed by atoms with Crippen LogP contribution < -0.4 is 10.6 Å². The molecule has 1 aliphatic carbocycles. The van der Waals surface area contributed by atoms with Gasteiger partial charge in [0.25, 0.3) is 0 Å². The number of nitrogens with zero attached hydrogens (tertiary/aromatic N) is 1. The fourth-order valence-corrected chi connectivity index (χ4v) is 1.93. The van der Waals surface area contributed by atoms with E-state index in [1.54, 1.807) is 11.9 Å². The minimum atomic E-state index is 0.170. The Balaban J connectivity index is 2.24. The maximum Gasteiger partial charge on any atom is 0.229 e. The Morgan fingerprint density at radius 3 is 2.73 bits per heavy atom. The van der Waals surface area contributed by atoms with Crippen molar-refractivity contribution in [2.45, 2.75) is 12.8 Å². The lowest BCUT2D eigenvalue weighted by molar-refractivity contribution is -0.119. The predicted molar refractivity (Wildman–Crippen MR) is 64.7 cm³/mol. The summed E-state index contributed by atoms with van der Waals surface area (Å²) < 4.78 is 0.927. The van der Waals surface area contributed by atoms with Crippen molar-refractivity contribution in [3.8, 4) is 0 Å². The first-order chi connectivity index (χ1) is 7.09. The molecule has 2 N–H and O–H groups in total. The van der Waals surface area contributed by atoms with Crippen molar-refractivity contribution in [2.24, 2.45) is 5.92 Å². The second-order valence-corrected chi connectivity index (χ2v) is 4.79. The van der Waals surface area contributed by atoms with E-state index in [4.69, 9.17) is 5.73 Å². The number of carbonyl (C=O) groups is 1. The van der Waals surface area contributed by atoms with Crippen molar-refractivity contribution in [1.29, 1.82) is 0 Å². The summed E-state index contributed by atoms with van der Waals surface area (Å²) in [6.07, 6.45) is 2.03. The summed E-state index contributed by atoms with van der Waals surface area (Å²) in [4.78, 5) is 13.5. The normalized spacial score (nSPS) is 15.1. The number of nitrogens with two attached hydrogens (primary N) is 1. The van der Waals surface area contributed by atoms with E-state index in [1.165, 1.54) is 0 Å². The monoisotopic (exact) mass is 268 g/mol. The van der Waals surface area contributed by atoms with Gasteiger partial charge in [-0.3, -0.25) is 4.79 Å². The lowest BCUT2D eigenvalue weighted by atomic mass is 10.2. The van der Waals surface area contributed by atoms with Gasteiger partial charge in [0.05, 0.1) is 11.4 Å². The number of rotatable bonds is 2. The van der Waals surface area contributed by atoms with Crippen LogP contribution in [0.4, 0.5) is 11.4 Å². The first-order valence-electron chi connectivity index (χ1n) is 4.92. The van der Waals surface area contributed by atoms with Gasteiger partial charge in [-0.15, -0.1) is 0 Å². The molecule has 1 fully saturated rings. The van der Waals surface area contributed by atoms with Crippen molar-refractivity contribution in [1.82, 2.24) is 0 Å². The van der Waals surface area contributed by atoms with E-state index in [0.29, 0.717) is 5.69 Å². The Labute approximate surface area is 97.4 Å². The fourth-order valence-electron chi connectivity index (χ4n) is 1.55. The molecule has 2 rings (SSSR count). The highest BCUT2D eigenvalue weighted by molar-refractivity contribution is 9.10. The highest BCUT2D eigenvalue weighted by Crippen LogP contribution is 2.34. The van der Waals surface area contributed by atoms with Crippen molar-refractivity contribution in [2.75, 3.05) is 17.7 Å². The topological polar surface area (TPSA) is 46.3 Å². The number of hydrogen-bond donors (Lipinski definition) is 1. The molecule has 15 heavy (non-hydrogen) atoms. The second kappa shape index (κ2) is 3.85. The van der Waals surface area contributed by atoms with E-state index >= 15 is 0 Å². The molecule has 4 heteroatoms. The van der Waals surface area contributed by atoms with E-state index in [0.717, 1.165) is 23.0 Å². The molecule has 0 bridgehead atoms. The minimum absolute atomic E-state index is 0.170. The smallest absolute Gasteiger partial charge is 0.229 e. The Morgan fingerprint density at radius 2 is 2.20 bits per heavy atom. The number of benzene rings is 1. The molecule has 1 aromatic carbocycles. The third-order valence-electron chi connectivity index (χ3n) is 2.61. The zero-order valence-corrected chi connectivity index (χ0v) is 10.1. The van der Waals surface area contributed by atoms with E-state index in [9.17, 15) is 4.79 Å². The molecule has 0 aliphatic heterocycles. The number of carbonyl (C=O) groups excluding carboxylic acids is 1. The Kier molecular flexibility index (Phi) is 2.69. The molecule has 1 aromatic rings. The Hall–Kier alpha value is -1.03. The standard InChI is InChI=1S/C11H13BrN2O/c1-14(11(15)7-2-3-7)10-5-4-8(12)6-9(10)13/h4-7H,2-3,13H2,1H3. The molecule has 0 radical (unpaired) electrons. The van der Waals surface area contributed by atoms with Crippen LogP contribution in [0.2, 0.25) is 0 Å². The van der Waals surface area contributed by atoms with Crippen LogP contribution in [0.3, 0.4) is 0 Å². The van der Waals surface area contributed by atoms with Gasteiger partial charge >= 0.3 is 0 Å². The van der Waals surface area contributed by atoms with Crippen molar-refractivity contribution in [3.63, 3.8) is 0 Å². The molecule has 1 saturated carbocycles. The second-order valence-electron chi connectivity index (χ2n) is 3.87. The lowest BCUT2D eigenvalue weighted by Gasteiger charge is -2.19. The van der Waals surface area contributed by atoms with Gasteiger partial charge < -0.3 is 10.6 Å². The van der Waals surface area contributed by atoms with E-state index in [1.807, 2.05) is 18.2 Å². The summed E-state index contributed by atoms with van der Waals surface area (Å²) in [5.41, 5.74) is 7.27. The third kappa shape index (κ3) is 2.15. The summed E-state index contributed by atoms with van der Waals surface area (Å²) in [5.74, 6) is 0.391. The minimum Gasteiger partial charge on any atom is -0.397 e. The summed E-state index contributed by atoms with van der Waals surface area (Å²) in [7, 11) is 1.78. The Morgan fingerprint density at radius 1 is 1.53 bits per heavy atom. The van der Waals surface area contributed by atoms with Crippen LogP contribution in [-0.4, -0.2) is 13.0 Å². The van der Waals surface area contributed by atoms with Crippen LogP contribution >= 0.6 is 15.9 Å². The highest BCUT2D eigenvalue weighted by atomic mass is 79.9. The van der Waals surface area contributed by atoms with Crippen molar-refractivity contribution in [3.05, 3.63) is 22.7 Å². The summed E-state index contributed by atoms with van der Waals surface area (Å²) in [6, 6.07) is 5.56.